The summed E-state index contributed by atoms with van der Waals surface area (Å²) in [6, 6.07) is 7.74. The smallest absolute Gasteiger partial charge is 0.344 e. The van der Waals surface area contributed by atoms with Crippen molar-refractivity contribution in [3.05, 3.63) is 29.8 Å². The minimum Gasteiger partial charge on any atom is -0.482 e. The van der Waals surface area contributed by atoms with Gasteiger partial charge in [0.25, 0.3) is 0 Å². The Morgan fingerprint density at radius 3 is 2.50 bits per heavy atom. The lowest BCUT2D eigenvalue weighted by Gasteiger charge is -2.22. The summed E-state index contributed by atoms with van der Waals surface area (Å²) in [5, 5.41) is 0. The van der Waals surface area contributed by atoms with E-state index in [2.05, 4.69) is 20.8 Å². The van der Waals surface area contributed by atoms with Crippen LogP contribution in [-0.2, 0) is 19.7 Å². The molecule has 0 N–H and O–H groups in total. The van der Waals surface area contributed by atoms with Gasteiger partial charge >= 0.3 is 5.97 Å². The Labute approximate surface area is 121 Å². The average Bonchev–Trinajstić information content (AvgIpc) is 2.40. The molecule has 0 bridgehead atoms. The molecule has 4 heteroatoms. The topological polar surface area (TPSA) is 44.8 Å². The maximum atomic E-state index is 11.5. The molecular weight excluding hydrogens is 256 g/mol. The second-order valence-corrected chi connectivity index (χ2v) is 5.45. The summed E-state index contributed by atoms with van der Waals surface area (Å²) in [6.45, 7) is 9.43. The summed E-state index contributed by atoms with van der Waals surface area (Å²) < 4.78 is 15.7. The lowest BCUT2D eigenvalue weighted by atomic mass is 9.86. The fourth-order valence-corrected chi connectivity index (χ4v) is 1.75. The molecule has 0 atom stereocenters. The SMILES string of the molecule is CCOCCOC(=O)COc1ccccc1C(C)(C)C. The molecule has 1 aromatic carbocycles. The molecule has 0 saturated heterocycles. The van der Waals surface area contributed by atoms with E-state index in [0.717, 1.165) is 11.3 Å². The summed E-state index contributed by atoms with van der Waals surface area (Å²) >= 11 is 0. The van der Waals surface area contributed by atoms with Gasteiger partial charge in [0.1, 0.15) is 12.4 Å². The molecule has 0 spiro atoms. The van der Waals surface area contributed by atoms with Crippen LogP contribution in [0.1, 0.15) is 33.3 Å². The number of hydrogen-bond acceptors (Lipinski definition) is 4. The van der Waals surface area contributed by atoms with E-state index < -0.39 is 0 Å². The highest BCUT2D eigenvalue weighted by atomic mass is 16.6. The third-order valence-corrected chi connectivity index (χ3v) is 2.74. The predicted molar refractivity (Wildman–Crippen MR) is 78.1 cm³/mol. The number of hydrogen-bond donors (Lipinski definition) is 0. The predicted octanol–water partition coefficient (Wildman–Crippen LogP) is 2.94. The molecule has 0 fully saturated rings. The molecule has 0 saturated carbocycles. The van der Waals surface area contributed by atoms with E-state index in [9.17, 15) is 4.79 Å². The van der Waals surface area contributed by atoms with E-state index in [-0.39, 0.29) is 24.6 Å². The van der Waals surface area contributed by atoms with E-state index in [1.165, 1.54) is 0 Å². The van der Waals surface area contributed by atoms with Crippen LogP contribution in [0.2, 0.25) is 0 Å². The Kier molecular flexibility index (Phi) is 6.52. The summed E-state index contributed by atoms with van der Waals surface area (Å²) in [6.07, 6.45) is 0. The zero-order valence-electron chi connectivity index (χ0n) is 12.8. The Balaban J connectivity index is 2.48. The van der Waals surface area contributed by atoms with Crippen molar-refractivity contribution >= 4 is 5.97 Å². The summed E-state index contributed by atoms with van der Waals surface area (Å²) in [5.74, 6) is 0.343. The first-order chi connectivity index (χ1) is 9.45. The Hall–Kier alpha value is -1.55. The first kappa shape index (κ1) is 16.5. The fourth-order valence-electron chi connectivity index (χ4n) is 1.75. The van der Waals surface area contributed by atoms with Gasteiger partial charge in [-0.25, -0.2) is 4.79 Å². The first-order valence-electron chi connectivity index (χ1n) is 6.91. The first-order valence-corrected chi connectivity index (χ1v) is 6.91. The largest absolute Gasteiger partial charge is 0.482 e. The highest BCUT2D eigenvalue weighted by Gasteiger charge is 2.18. The number of rotatable bonds is 7. The van der Waals surface area contributed by atoms with Gasteiger partial charge in [-0.2, -0.15) is 0 Å². The third kappa shape index (κ3) is 5.61. The second kappa shape index (κ2) is 7.90. The van der Waals surface area contributed by atoms with Crippen molar-refractivity contribution in [2.24, 2.45) is 0 Å². The van der Waals surface area contributed by atoms with Crippen LogP contribution in [0, 0.1) is 0 Å². The Morgan fingerprint density at radius 2 is 1.85 bits per heavy atom. The Morgan fingerprint density at radius 1 is 1.15 bits per heavy atom. The van der Waals surface area contributed by atoms with E-state index in [4.69, 9.17) is 14.2 Å². The van der Waals surface area contributed by atoms with Gasteiger partial charge in [-0.05, 0) is 24.0 Å². The lowest BCUT2D eigenvalue weighted by Crippen LogP contribution is -2.19. The fraction of sp³-hybridized carbons (Fsp3) is 0.562. The minimum atomic E-state index is -0.381. The average molecular weight is 280 g/mol. The molecule has 20 heavy (non-hydrogen) atoms. The third-order valence-electron chi connectivity index (χ3n) is 2.74. The molecule has 0 aliphatic carbocycles. The number of ether oxygens (including phenoxy) is 3. The van der Waals surface area contributed by atoms with Gasteiger partial charge in [0, 0.05) is 6.61 Å². The van der Waals surface area contributed by atoms with Crippen LogP contribution in [-0.4, -0.2) is 32.4 Å². The number of esters is 1. The molecule has 0 radical (unpaired) electrons. The van der Waals surface area contributed by atoms with Gasteiger partial charge in [-0.3, -0.25) is 0 Å². The van der Waals surface area contributed by atoms with Gasteiger partial charge in [0.15, 0.2) is 6.61 Å². The van der Waals surface area contributed by atoms with Crippen LogP contribution in [0.15, 0.2) is 24.3 Å². The number of benzene rings is 1. The van der Waals surface area contributed by atoms with Crippen molar-refractivity contribution in [3.63, 3.8) is 0 Å². The van der Waals surface area contributed by atoms with Gasteiger partial charge in [0.2, 0.25) is 0 Å². The molecule has 112 valence electrons. The van der Waals surface area contributed by atoms with Crippen molar-refractivity contribution in [2.75, 3.05) is 26.4 Å². The molecule has 0 aliphatic rings. The van der Waals surface area contributed by atoms with E-state index in [1.54, 1.807) is 0 Å². The quantitative estimate of drug-likeness (QED) is 0.569. The summed E-state index contributed by atoms with van der Waals surface area (Å²) in [7, 11) is 0. The van der Waals surface area contributed by atoms with Crippen LogP contribution < -0.4 is 4.74 Å². The molecule has 0 aromatic heterocycles. The monoisotopic (exact) mass is 280 g/mol. The summed E-state index contributed by atoms with van der Waals surface area (Å²) in [5.41, 5.74) is 1.04. The van der Waals surface area contributed by atoms with Crippen LogP contribution in [0.5, 0.6) is 5.75 Å². The van der Waals surface area contributed by atoms with Crippen molar-refractivity contribution in [3.8, 4) is 5.75 Å². The molecule has 1 aromatic rings. The van der Waals surface area contributed by atoms with Gasteiger partial charge < -0.3 is 14.2 Å². The normalized spacial score (nSPS) is 11.2. The Bertz CT molecular complexity index is 421. The maximum Gasteiger partial charge on any atom is 0.344 e. The van der Waals surface area contributed by atoms with Crippen molar-refractivity contribution in [2.45, 2.75) is 33.1 Å². The molecule has 4 nitrogen and oxygen atoms in total. The number of carbonyl (C=O) groups excluding carboxylic acids is 1. The van der Waals surface area contributed by atoms with Gasteiger partial charge in [0.05, 0.1) is 6.61 Å². The van der Waals surface area contributed by atoms with Gasteiger partial charge in [-0.1, -0.05) is 39.0 Å². The zero-order chi connectivity index (χ0) is 15.0. The van der Waals surface area contributed by atoms with Crippen LogP contribution in [0.3, 0.4) is 0 Å². The number of carbonyl (C=O) groups is 1. The highest BCUT2D eigenvalue weighted by Crippen LogP contribution is 2.30. The summed E-state index contributed by atoms with van der Waals surface area (Å²) in [4.78, 5) is 11.5. The number of para-hydroxylation sites is 1. The molecular formula is C16H24O4. The maximum absolute atomic E-state index is 11.5. The minimum absolute atomic E-state index is 0.0323. The standard InChI is InChI=1S/C16H24O4/c1-5-18-10-11-19-15(17)12-20-14-9-7-6-8-13(14)16(2,3)4/h6-9H,5,10-12H2,1-4H3. The molecule has 0 unspecified atom stereocenters. The van der Waals surface area contributed by atoms with Crippen molar-refractivity contribution < 1.29 is 19.0 Å². The lowest BCUT2D eigenvalue weighted by molar-refractivity contribution is -0.147. The molecule has 0 heterocycles. The molecule has 0 amide bonds. The second-order valence-electron chi connectivity index (χ2n) is 5.45. The highest BCUT2D eigenvalue weighted by molar-refractivity contribution is 5.71. The van der Waals surface area contributed by atoms with Gasteiger partial charge in [-0.15, -0.1) is 0 Å². The zero-order valence-corrected chi connectivity index (χ0v) is 12.8. The van der Waals surface area contributed by atoms with Crippen molar-refractivity contribution in [1.82, 2.24) is 0 Å². The molecule has 1 rings (SSSR count). The van der Waals surface area contributed by atoms with Crippen LogP contribution >= 0.6 is 0 Å². The molecule has 0 aliphatic heterocycles. The van der Waals surface area contributed by atoms with Crippen molar-refractivity contribution in [1.29, 1.82) is 0 Å². The van der Waals surface area contributed by atoms with Crippen LogP contribution in [0.4, 0.5) is 0 Å². The van der Waals surface area contributed by atoms with E-state index >= 15 is 0 Å². The van der Waals surface area contributed by atoms with E-state index in [0.29, 0.717) is 13.2 Å². The van der Waals surface area contributed by atoms with Crippen LogP contribution in [0.25, 0.3) is 0 Å². The van der Waals surface area contributed by atoms with E-state index in [1.807, 2.05) is 31.2 Å².